The summed E-state index contributed by atoms with van der Waals surface area (Å²) in [5.74, 6) is -1.87. The van der Waals surface area contributed by atoms with Crippen LogP contribution in [0.4, 0.5) is 13.2 Å². The molecule has 32 heavy (non-hydrogen) atoms. The van der Waals surface area contributed by atoms with Crippen molar-refractivity contribution in [2.24, 2.45) is 0 Å². The van der Waals surface area contributed by atoms with Gasteiger partial charge in [0.2, 0.25) is 0 Å². The molecule has 1 aromatic carbocycles. The van der Waals surface area contributed by atoms with Crippen molar-refractivity contribution in [1.29, 1.82) is 0 Å². The van der Waals surface area contributed by atoms with Gasteiger partial charge in [0, 0.05) is 29.9 Å². The summed E-state index contributed by atoms with van der Waals surface area (Å²) in [5.41, 5.74) is -5.78. The molecule has 1 aliphatic heterocycles. The molecule has 0 N–H and O–H groups in total. The fraction of sp³-hybridized carbons (Fsp3) is 0.316. The van der Waals surface area contributed by atoms with Gasteiger partial charge in [-0.1, -0.05) is 0 Å². The third-order valence-electron chi connectivity index (χ3n) is 4.64. The van der Waals surface area contributed by atoms with Gasteiger partial charge < -0.3 is 18.6 Å². The molecule has 0 unspecified atom stereocenters. The van der Waals surface area contributed by atoms with Crippen molar-refractivity contribution in [2.75, 3.05) is 20.8 Å². The maximum atomic E-state index is 13.0. The predicted molar refractivity (Wildman–Crippen MR) is 103 cm³/mol. The molecular formula is C19H17F3N2O7S. The van der Waals surface area contributed by atoms with Crippen LogP contribution in [0.15, 0.2) is 30.5 Å². The number of ether oxygens (including phenoxy) is 2. The minimum Gasteiger partial charge on any atom is -0.497 e. The summed E-state index contributed by atoms with van der Waals surface area (Å²) < 4.78 is 75.5. The molecular weight excluding hydrogens is 457 g/mol. The number of rotatable bonds is 6. The topological polar surface area (TPSA) is 112 Å². The highest BCUT2D eigenvalue weighted by Gasteiger charge is 2.49. The van der Waals surface area contributed by atoms with Crippen LogP contribution in [0.2, 0.25) is 0 Å². The molecule has 0 aliphatic carbocycles. The number of carbonyl (C=O) groups excluding carboxylic acids is 2. The van der Waals surface area contributed by atoms with Crippen LogP contribution in [0, 0.1) is 0 Å². The molecule has 0 saturated heterocycles. The first-order valence-corrected chi connectivity index (χ1v) is 10.4. The molecule has 172 valence electrons. The van der Waals surface area contributed by atoms with Gasteiger partial charge in [-0.3, -0.25) is 9.78 Å². The van der Waals surface area contributed by atoms with E-state index in [1.807, 2.05) is 0 Å². The summed E-state index contributed by atoms with van der Waals surface area (Å²) >= 11 is 0. The van der Waals surface area contributed by atoms with E-state index in [4.69, 9.17) is 4.74 Å². The summed E-state index contributed by atoms with van der Waals surface area (Å²) in [5, 5.41) is 0. The number of amides is 1. The van der Waals surface area contributed by atoms with Crippen molar-refractivity contribution in [1.82, 2.24) is 9.88 Å². The highest BCUT2D eigenvalue weighted by molar-refractivity contribution is 7.88. The Morgan fingerprint density at radius 2 is 1.94 bits per heavy atom. The average Bonchev–Trinajstić information content (AvgIpc) is 2.74. The van der Waals surface area contributed by atoms with Gasteiger partial charge in [0.25, 0.3) is 5.91 Å². The molecule has 1 aromatic heterocycles. The number of nitrogens with zero attached hydrogens (tertiary/aromatic N) is 2. The van der Waals surface area contributed by atoms with E-state index in [9.17, 15) is 31.2 Å². The number of benzene rings is 1. The molecule has 3 rings (SSSR count). The van der Waals surface area contributed by atoms with Crippen molar-refractivity contribution in [3.63, 3.8) is 0 Å². The van der Waals surface area contributed by atoms with E-state index >= 15 is 0 Å². The molecule has 0 saturated carbocycles. The first-order valence-electron chi connectivity index (χ1n) is 9.01. The molecule has 0 radical (unpaired) electrons. The molecule has 0 bridgehead atoms. The highest BCUT2D eigenvalue weighted by Crippen LogP contribution is 2.34. The molecule has 0 fully saturated rings. The van der Waals surface area contributed by atoms with Crippen LogP contribution in [0.3, 0.4) is 0 Å². The van der Waals surface area contributed by atoms with Crippen LogP contribution >= 0.6 is 0 Å². The lowest BCUT2D eigenvalue weighted by Gasteiger charge is -2.29. The number of esters is 1. The van der Waals surface area contributed by atoms with E-state index in [1.165, 1.54) is 18.2 Å². The van der Waals surface area contributed by atoms with Crippen molar-refractivity contribution in [2.45, 2.75) is 18.5 Å². The lowest BCUT2D eigenvalue weighted by atomic mass is 9.95. The summed E-state index contributed by atoms with van der Waals surface area (Å²) in [6, 6.07) is 5.16. The number of halogens is 3. The number of pyridine rings is 1. The molecule has 1 aliphatic rings. The van der Waals surface area contributed by atoms with Crippen LogP contribution in [-0.2, 0) is 27.8 Å². The average molecular weight is 474 g/mol. The van der Waals surface area contributed by atoms with E-state index in [0.29, 0.717) is 11.4 Å². The maximum Gasteiger partial charge on any atom is 0.534 e. The molecule has 1 amide bonds. The zero-order valence-electron chi connectivity index (χ0n) is 16.8. The lowest BCUT2D eigenvalue weighted by molar-refractivity contribution is -0.0500. The van der Waals surface area contributed by atoms with Gasteiger partial charge in [-0.15, -0.1) is 0 Å². The summed E-state index contributed by atoms with van der Waals surface area (Å²) in [4.78, 5) is 30.5. The van der Waals surface area contributed by atoms with E-state index in [2.05, 4.69) is 13.9 Å². The third kappa shape index (κ3) is 4.61. The second-order valence-electron chi connectivity index (χ2n) is 6.64. The monoisotopic (exact) mass is 474 g/mol. The fourth-order valence-corrected chi connectivity index (χ4v) is 3.58. The van der Waals surface area contributed by atoms with Crippen LogP contribution in [0.5, 0.6) is 11.5 Å². The molecule has 2 aromatic rings. The number of aromatic nitrogens is 1. The molecule has 0 spiro atoms. The Hall–Kier alpha value is -3.35. The Balaban J connectivity index is 2.01. The maximum absolute atomic E-state index is 13.0. The summed E-state index contributed by atoms with van der Waals surface area (Å²) in [7, 11) is -3.53. The minimum absolute atomic E-state index is 0.0186. The van der Waals surface area contributed by atoms with Gasteiger partial charge in [-0.05, 0) is 24.6 Å². The smallest absolute Gasteiger partial charge is 0.497 e. The van der Waals surface area contributed by atoms with Crippen molar-refractivity contribution < 1.29 is 44.8 Å². The standard InChI is InChI=1S/C19H17F3N2O7S/c1-29-13-3-5-23-12(9-13)10-24-6-4-14-15(17(24)25)7-11(18(26)30-2)8-16(14)31-32(27,28)19(20,21)22/h3,5,7-9H,4,6,10H2,1-2H3. The third-order valence-corrected chi connectivity index (χ3v) is 5.60. The first-order chi connectivity index (χ1) is 15.0. The Morgan fingerprint density at radius 1 is 1.22 bits per heavy atom. The second kappa shape index (κ2) is 8.65. The van der Waals surface area contributed by atoms with Gasteiger partial charge in [-0.25, -0.2) is 4.79 Å². The Morgan fingerprint density at radius 3 is 2.56 bits per heavy atom. The van der Waals surface area contributed by atoms with Crippen molar-refractivity contribution in [3.8, 4) is 11.5 Å². The van der Waals surface area contributed by atoms with Crippen LogP contribution in [0.25, 0.3) is 0 Å². The zero-order chi connectivity index (χ0) is 23.7. The van der Waals surface area contributed by atoms with E-state index < -0.39 is 33.3 Å². The SMILES string of the molecule is COC(=O)c1cc(OS(=O)(=O)C(F)(F)F)c2c(c1)C(=O)N(Cc1cc(OC)ccn1)CC2. The van der Waals surface area contributed by atoms with Gasteiger partial charge in [0.1, 0.15) is 11.5 Å². The number of hydrogen-bond acceptors (Lipinski definition) is 8. The Kier molecular flexibility index (Phi) is 6.30. The molecule has 0 atom stereocenters. The van der Waals surface area contributed by atoms with Crippen LogP contribution in [-0.4, -0.2) is 56.5 Å². The van der Waals surface area contributed by atoms with Gasteiger partial charge in [0.05, 0.1) is 32.0 Å². The zero-order valence-corrected chi connectivity index (χ0v) is 17.6. The predicted octanol–water partition coefficient (Wildman–Crippen LogP) is 2.30. The molecule has 13 heteroatoms. The minimum atomic E-state index is -6.02. The molecule has 9 nitrogen and oxygen atoms in total. The van der Waals surface area contributed by atoms with Crippen LogP contribution < -0.4 is 8.92 Å². The second-order valence-corrected chi connectivity index (χ2v) is 8.18. The molecule has 2 heterocycles. The number of hydrogen-bond donors (Lipinski definition) is 0. The Bertz CT molecular complexity index is 1170. The fourth-order valence-electron chi connectivity index (χ4n) is 3.10. The van der Waals surface area contributed by atoms with E-state index in [0.717, 1.165) is 19.2 Å². The normalized spacial score (nSPS) is 14.0. The summed E-state index contributed by atoms with van der Waals surface area (Å²) in [6.07, 6.45) is 1.47. The largest absolute Gasteiger partial charge is 0.534 e. The van der Waals surface area contributed by atoms with Gasteiger partial charge >= 0.3 is 21.6 Å². The van der Waals surface area contributed by atoms with Gasteiger partial charge in [-0.2, -0.15) is 21.6 Å². The quantitative estimate of drug-likeness (QED) is 0.356. The van der Waals surface area contributed by atoms with Gasteiger partial charge in [0.15, 0.2) is 0 Å². The highest BCUT2D eigenvalue weighted by atomic mass is 32.2. The van der Waals surface area contributed by atoms with Crippen LogP contribution in [0.1, 0.15) is 32.0 Å². The van der Waals surface area contributed by atoms with Crippen molar-refractivity contribution in [3.05, 3.63) is 52.8 Å². The first kappa shape index (κ1) is 23.3. The number of alkyl halides is 3. The number of carbonyl (C=O) groups is 2. The van der Waals surface area contributed by atoms with E-state index in [1.54, 1.807) is 12.1 Å². The number of methoxy groups -OCH3 is 2. The lowest BCUT2D eigenvalue weighted by Crippen LogP contribution is -2.38. The Labute approximate surface area is 180 Å². The van der Waals surface area contributed by atoms with E-state index in [-0.39, 0.29) is 36.2 Å². The number of fused-ring (bicyclic) bond motifs is 1. The summed E-state index contributed by atoms with van der Waals surface area (Å²) in [6.45, 7) is 0.0969. The van der Waals surface area contributed by atoms with Crippen molar-refractivity contribution >= 4 is 22.0 Å².